The van der Waals surface area contributed by atoms with Gasteiger partial charge in [-0.15, -0.1) is 10.2 Å². The molecule has 0 aliphatic carbocycles. The van der Waals surface area contributed by atoms with Crippen molar-refractivity contribution in [3.05, 3.63) is 46.6 Å². The van der Waals surface area contributed by atoms with Crippen LogP contribution in [-0.4, -0.2) is 66.4 Å². The second-order valence-corrected chi connectivity index (χ2v) is 7.18. The molecule has 1 aromatic carbocycles. The highest BCUT2D eigenvalue weighted by molar-refractivity contribution is 6.32. The summed E-state index contributed by atoms with van der Waals surface area (Å²) in [5, 5.41) is 8.45. The molecule has 1 amide bonds. The molecule has 0 saturated carbocycles. The van der Waals surface area contributed by atoms with E-state index < -0.39 is 12.1 Å². The molecular weight excluding hydrogens is 396 g/mol. The summed E-state index contributed by atoms with van der Waals surface area (Å²) in [5.74, 6) is 0.546. The van der Waals surface area contributed by atoms with Crippen molar-refractivity contribution in [3.63, 3.8) is 0 Å². The van der Waals surface area contributed by atoms with Crippen molar-refractivity contribution < 1.29 is 19.1 Å². The number of esters is 1. The first-order chi connectivity index (χ1) is 13.9. The first-order valence-electron chi connectivity index (χ1n) is 9.27. The molecule has 0 N–H and O–H groups in total. The minimum Gasteiger partial charge on any atom is -0.479 e. The number of carbonyl (C=O) groups is 2. The maximum absolute atomic E-state index is 12.8. The van der Waals surface area contributed by atoms with Crippen molar-refractivity contribution in [3.8, 4) is 5.75 Å². The van der Waals surface area contributed by atoms with Crippen LogP contribution < -0.4 is 9.64 Å². The summed E-state index contributed by atoms with van der Waals surface area (Å²) < 4.78 is 10.4. The van der Waals surface area contributed by atoms with Gasteiger partial charge < -0.3 is 19.3 Å². The van der Waals surface area contributed by atoms with Crippen LogP contribution in [0.25, 0.3) is 0 Å². The van der Waals surface area contributed by atoms with Gasteiger partial charge in [0.15, 0.2) is 17.6 Å². The van der Waals surface area contributed by atoms with Crippen LogP contribution in [0.1, 0.15) is 23.0 Å². The lowest BCUT2D eigenvalue weighted by Gasteiger charge is -2.36. The Morgan fingerprint density at radius 2 is 1.83 bits per heavy atom. The fraction of sp³-hybridized carbons (Fsp3) is 0.400. The number of hydrogen-bond acceptors (Lipinski definition) is 7. The van der Waals surface area contributed by atoms with Crippen molar-refractivity contribution in [2.75, 3.05) is 38.2 Å². The zero-order valence-electron chi connectivity index (χ0n) is 16.6. The monoisotopic (exact) mass is 418 g/mol. The first-order valence-corrected chi connectivity index (χ1v) is 9.65. The van der Waals surface area contributed by atoms with E-state index in [4.69, 9.17) is 16.3 Å². The average Bonchev–Trinajstić information content (AvgIpc) is 2.75. The summed E-state index contributed by atoms with van der Waals surface area (Å²) in [6.45, 7) is 5.95. The van der Waals surface area contributed by atoms with Crippen LogP contribution in [0, 0.1) is 6.92 Å². The van der Waals surface area contributed by atoms with E-state index in [1.54, 1.807) is 30.0 Å². The van der Waals surface area contributed by atoms with Gasteiger partial charge in [0.05, 0.1) is 12.1 Å². The molecule has 2 aromatic rings. The van der Waals surface area contributed by atoms with Gasteiger partial charge in [0.2, 0.25) is 0 Å². The quantitative estimate of drug-likeness (QED) is 0.689. The van der Waals surface area contributed by atoms with E-state index in [9.17, 15) is 9.59 Å². The Morgan fingerprint density at radius 3 is 2.45 bits per heavy atom. The van der Waals surface area contributed by atoms with E-state index in [1.165, 1.54) is 7.11 Å². The van der Waals surface area contributed by atoms with Crippen LogP contribution in [0.15, 0.2) is 30.3 Å². The number of rotatable bonds is 5. The lowest BCUT2D eigenvalue weighted by atomic mass is 10.2. The average molecular weight is 419 g/mol. The molecule has 1 unspecified atom stereocenters. The van der Waals surface area contributed by atoms with Crippen LogP contribution in [0.2, 0.25) is 5.02 Å². The Bertz CT molecular complexity index is 883. The molecule has 29 heavy (non-hydrogen) atoms. The number of aryl methyl sites for hydroxylation is 1. The summed E-state index contributed by atoms with van der Waals surface area (Å²) in [6.07, 6.45) is -0.639. The summed E-state index contributed by atoms with van der Waals surface area (Å²) >= 11 is 6.16. The molecule has 1 aliphatic rings. The van der Waals surface area contributed by atoms with Crippen LogP contribution in [0.5, 0.6) is 5.75 Å². The zero-order chi connectivity index (χ0) is 21.0. The van der Waals surface area contributed by atoms with Crippen molar-refractivity contribution in [2.24, 2.45) is 0 Å². The second-order valence-electron chi connectivity index (χ2n) is 6.77. The molecule has 1 atom stereocenters. The lowest BCUT2D eigenvalue weighted by Crippen LogP contribution is -2.52. The van der Waals surface area contributed by atoms with Crippen molar-refractivity contribution >= 4 is 29.3 Å². The third-order valence-electron chi connectivity index (χ3n) is 4.70. The van der Waals surface area contributed by atoms with E-state index >= 15 is 0 Å². The molecule has 0 spiro atoms. The highest BCUT2D eigenvalue weighted by Crippen LogP contribution is 2.26. The number of anilines is 1. The van der Waals surface area contributed by atoms with E-state index in [2.05, 4.69) is 14.9 Å². The number of amides is 1. The molecule has 1 saturated heterocycles. The van der Waals surface area contributed by atoms with Crippen LogP contribution in [0.3, 0.4) is 0 Å². The van der Waals surface area contributed by atoms with Gasteiger partial charge in [0.25, 0.3) is 5.91 Å². The summed E-state index contributed by atoms with van der Waals surface area (Å²) in [4.78, 5) is 28.0. The highest BCUT2D eigenvalue weighted by Gasteiger charge is 2.27. The van der Waals surface area contributed by atoms with Crippen LogP contribution in [0.4, 0.5) is 5.82 Å². The molecule has 1 aromatic heterocycles. The van der Waals surface area contributed by atoms with Gasteiger partial charge in [-0.1, -0.05) is 17.7 Å². The van der Waals surface area contributed by atoms with Gasteiger partial charge in [-0.3, -0.25) is 4.79 Å². The Balaban J connectivity index is 1.56. The van der Waals surface area contributed by atoms with Gasteiger partial charge in [0, 0.05) is 26.2 Å². The van der Waals surface area contributed by atoms with E-state index in [0.717, 1.165) is 5.56 Å². The molecule has 1 fully saturated rings. The maximum atomic E-state index is 12.8. The normalized spacial score (nSPS) is 15.0. The van der Waals surface area contributed by atoms with Gasteiger partial charge in [-0.25, -0.2) is 4.79 Å². The molecule has 0 bridgehead atoms. The molecule has 1 aliphatic heterocycles. The number of benzene rings is 1. The smallest absolute Gasteiger partial charge is 0.358 e. The Morgan fingerprint density at radius 1 is 1.10 bits per heavy atom. The number of nitrogens with zero attached hydrogens (tertiary/aromatic N) is 4. The predicted molar refractivity (Wildman–Crippen MR) is 108 cm³/mol. The number of halogens is 1. The minimum absolute atomic E-state index is 0.0886. The summed E-state index contributed by atoms with van der Waals surface area (Å²) in [6, 6.07) is 8.77. The maximum Gasteiger partial charge on any atom is 0.358 e. The minimum atomic E-state index is -0.639. The third-order valence-corrected chi connectivity index (χ3v) is 5.01. The largest absolute Gasteiger partial charge is 0.479 e. The van der Waals surface area contributed by atoms with Crippen molar-refractivity contribution in [1.82, 2.24) is 15.1 Å². The number of carbonyl (C=O) groups excluding carboxylic acids is 2. The fourth-order valence-corrected chi connectivity index (χ4v) is 3.22. The molecule has 154 valence electrons. The summed E-state index contributed by atoms with van der Waals surface area (Å²) in [7, 11) is 1.30. The van der Waals surface area contributed by atoms with E-state index in [0.29, 0.717) is 42.8 Å². The SMILES string of the molecule is COC(=O)c1ccc(N2CCN(C(=O)C(C)Oc3cc(C)ccc3Cl)CC2)nn1. The Kier molecular flexibility index (Phi) is 6.53. The van der Waals surface area contributed by atoms with Crippen LogP contribution >= 0.6 is 11.6 Å². The lowest BCUT2D eigenvalue weighted by molar-refractivity contribution is -0.138. The zero-order valence-corrected chi connectivity index (χ0v) is 17.3. The Labute approximate surface area is 174 Å². The van der Waals surface area contributed by atoms with Crippen molar-refractivity contribution in [1.29, 1.82) is 0 Å². The van der Waals surface area contributed by atoms with Crippen molar-refractivity contribution in [2.45, 2.75) is 20.0 Å². The van der Waals surface area contributed by atoms with E-state index in [1.807, 2.05) is 24.0 Å². The third kappa shape index (κ3) is 4.95. The van der Waals surface area contributed by atoms with E-state index in [-0.39, 0.29) is 11.6 Å². The molecular formula is C20H23ClN4O4. The topological polar surface area (TPSA) is 84.9 Å². The standard InChI is InChI=1S/C20H23ClN4O4/c1-13-4-5-15(21)17(12-13)29-14(2)19(26)25-10-8-24(9-11-25)18-7-6-16(22-23-18)20(27)28-3/h4-7,12,14H,8-11H2,1-3H3. The highest BCUT2D eigenvalue weighted by atomic mass is 35.5. The molecule has 0 radical (unpaired) electrons. The van der Waals surface area contributed by atoms with Gasteiger partial charge in [-0.2, -0.15) is 0 Å². The predicted octanol–water partition coefficient (Wildman–Crippen LogP) is 2.34. The second kappa shape index (κ2) is 9.09. The Hall–Kier alpha value is -2.87. The number of aromatic nitrogens is 2. The number of methoxy groups -OCH3 is 1. The summed E-state index contributed by atoms with van der Waals surface area (Å²) in [5.41, 5.74) is 1.17. The van der Waals surface area contributed by atoms with Gasteiger partial charge in [0.1, 0.15) is 5.75 Å². The van der Waals surface area contributed by atoms with Gasteiger partial charge >= 0.3 is 5.97 Å². The fourth-order valence-electron chi connectivity index (χ4n) is 3.06. The number of hydrogen-bond donors (Lipinski definition) is 0. The number of ether oxygens (including phenoxy) is 2. The number of piperazine rings is 1. The molecule has 9 heteroatoms. The molecule has 2 heterocycles. The molecule has 8 nitrogen and oxygen atoms in total. The first kappa shape index (κ1) is 20.9. The molecule has 3 rings (SSSR count). The van der Waals surface area contributed by atoms with Crippen LogP contribution in [-0.2, 0) is 9.53 Å². The van der Waals surface area contributed by atoms with Gasteiger partial charge in [-0.05, 0) is 43.7 Å².